The molecule has 1 aromatic rings. The van der Waals surface area contributed by atoms with E-state index < -0.39 is 0 Å². The van der Waals surface area contributed by atoms with Crippen LogP contribution in [0, 0.1) is 13.8 Å². The van der Waals surface area contributed by atoms with Crippen molar-refractivity contribution in [3.8, 4) is 0 Å². The zero-order valence-electron chi connectivity index (χ0n) is 12.4. The number of nitrogens with two attached hydrogens (primary N) is 1. The van der Waals surface area contributed by atoms with Gasteiger partial charge < -0.3 is 10.6 Å². The predicted molar refractivity (Wildman–Crippen MR) is 80.5 cm³/mol. The van der Waals surface area contributed by atoms with Gasteiger partial charge >= 0.3 is 0 Å². The summed E-state index contributed by atoms with van der Waals surface area (Å²) in [7, 11) is 0. The van der Waals surface area contributed by atoms with Crippen LogP contribution in [0.1, 0.15) is 30.3 Å². The largest absolute Gasteiger partial charge is 0.369 e. The summed E-state index contributed by atoms with van der Waals surface area (Å²) in [4.78, 5) is 9.54. The Morgan fingerprint density at radius 3 is 2.47 bits per heavy atom. The average Bonchev–Trinajstić information content (AvgIpc) is 2.39. The van der Waals surface area contributed by atoms with Crippen molar-refractivity contribution in [3.05, 3.63) is 23.0 Å². The Morgan fingerprint density at radius 2 is 1.89 bits per heavy atom. The van der Waals surface area contributed by atoms with Gasteiger partial charge in [0.2, 0.25) is 0 Å². The molecule has 2 rings (SSSR count). The number of aromatic nitrogens is 1. The van der Waals surface area contributed by atoms with E-state index in [0.29, 0.717) is 6.54 Å². The molecule has 4 heteroatoms. The standard InChI is InChI=1S/C15H26N4/c1-4-5-18-6-8-19(9-7-18)15-10-12(2)17-13(3)14(15)11-16/h10H,4-9,11,16H2,1-3H3. The van der Waals surface area contributed by atoms with Gasteiger partial charge in [-0.1, -0.05) is 6.92 Å². The molecule has 0 amide bonds. The molecule has 19 heavy (non-hydrogen) atoms. The lowest BCUT2D eigenvalue weighted by atomic mass is 10.1. The van der Waals surface area contributed by atoms with E-state index in [1.54, 1.807) is 0 Å². The molecule has 0 aliphatic carbocycles. The molecule has 0 atom stereocenters. The molecular weight excluding hydrogens is 236 g/mol. The molecule has 0 aromatic carbocycles. The van der Waals surface area contributed by atoms with E-state index in [1.165, 1.54) is 24.2 Å². The number of nitrogens with zero attached hydrogens (tertiary/aromatic N) is 3. The SMILES string of the molecule is CCCN1CCN(c2cc(C)nc(C)c2CN)CC1. The van der Waals surface area contributed by atoms with Crippen LogP contribution in [-0.4, -0.2) is 42.6 Å². The van der Waals surface area contributed by atoms with Crippen molar-refractivity contribution in [2.75, 3.05) is 37.6 Å². The Kier molecular flexibility index (Phi) is 4.77. The minimum atomic E-state index is 0.573. The highest BCUT2D eigenvalue weighted by atomic mass is 15.3. The minimum absolute atomic E-state index is 0.573. The van der Waals surface area contributed by atoms with Crippen molar-refractivity contribution in [2.45, 2.75) is 33.7 Å². The fraction of sp³-hybridized carbons (Fsp3) is 0.667. The summed E-state index contributed by atoms with van der Waals surface area (Å²) in [5.41, 5.74) is 10.6. The topological polar surface area (TPSA) is 45.4 Å². The van der Waals surface area contributed by atoms with Gasteiger partial charge in [-0.05, 0) is 32.9 Å². The number of piperazine rings is 1. The molecule has 2 heterocycles. The van der Waals surface area contributed by atoms with Crippen LogP contribution in [0.4, 0.5) is 5.69 Å². The van der Waals surface area contributed by atoms with Crippen molar-refractivity contribution < 1.29 is 0 Å². The van der Waals surface area contributed by atoms with E-state index in [9.17, 15) is 0 Å². The molecular formula is C15H26N4. The number of rotatable bonds is 4. The van der Waals surface area contributed by atoms with Gasteiger partial charge in [0.25, 0.3) is 0 Å². The molecule has 0 unspecified atom stereocenters. The maximum absolute atomic E-state index is 5.91. The number of pyridine rings is 1. The molecule has 0 saturated carbocycles. The van der Waals surface area contributed by atoms with Crippen LogP contribution in [-0.2, 0) is 6.54 Å². The summed E-state index contributed by atoms with van der Waals surface area (Å²) in [6, 6.07) is 2.19. The fourth-order valence-corrected chi connectivity index (χ4v) is 2.90. The first-order valence-electron chi connectivity index (χ1n) is 7.30. The Hall–Kier alpha value is -1.13. The number of aryl methyl sites for hydroxylation is 2. The third kappa shape index (κ3) is 3.25. The lowest BCUT2D eigenvalue weighted by molar-refractivity contribution is 0.258. The van der Waals surface area contributed by atoms with Gasteiger partial charge in [0.15, 0.2) is 0 Å². The summed E-state index contributed by atoms with van der Waals surface area (Å²) in [5.74, 6) is 0. The smallest absolute Gasteiger partial charge is 0.0449 e. The minimum Gasteiger partial charge on any atom is -0.369 e. The van der Waals surface area contributed by atoms with Crippen LogP contribution in [0.3, 0.4) is 0 Å². The van der Waals surface area contributed by atoms with Crippen molar-refractivity contribution in [1.29, 1.82) is 0 Å². The molecule has 1 aromatic heterocycles. The van der Waals surface area contributed by atoms with Crippen LogP contribution >= 0.6 is 0 Å². The van der Waals surface area contributed by atoms with Gasteiger partial charge in [-0.25, -0.2) is 0 Å². The lowest BCUT2D eigenvalue weighted by Gasteiger charge is -2.37. The highest BCUT2D eigenvalue weighted by Gasteiger charge is 2.19. The van der Waals surface area contributed by atoms with Crippen LogP contribution in [0.2, 0.25) is 0 Å². The van der Waals surface area contributed by atoms with Crippen LogP contribution in [0.5, 0.6) is 0 Å². The van der Waals surface area contributed by atoms with Crippen LogP contribution in [0.25, 0.3) is 0 Å². The molecule has 0 bridgehead atoms. The van der Waals surface area contributed by atoms with E-state index in [4.69, 9.17) is 5.73 Å². The maximum atomic E-state index is 5.91. The second kappa shape index (κ2) is 6.35. The number of anilines is 1. The van der Waals surface area contributed by atoms with Gasteiger partial charge in [0, 0.05) is 55.4 Å². The summed E-state index contributed by atoms with van der Waals surface area (Å²) in [6.07, 6.45) is 1.24. The summed E-state index contributed by atoms with van der Waals surface area (Å²) in [6.45, 7) is 12.6. The molecule has 1 saturated heterocycles. The van der Waals surface area contributed by atoms with Gasteiger partial charge in [-0.3, -0.25) is 9.88 Å². The van der Waals surface area contributed by atoms with E-state index in [1.807, 2.05) is 0 Å². The van der Waals surface area contributed by atoms with E-state index in [-0.39, 0.29) is 0 Å². The van der Waals surface area contributed by atoms with E-state index >= 15 is 0 Å². The quantitative estimate of drug-likeness (QED) is 0.897. The fourth-order valence-electron chi connectivity index (χ4n) is 2.90. The van der Waals surface area contributed by atoms with E-state index in [2.05, 4.69) is 41.6 Å². The summed E-state index contributed by atoms with van der Waals surface area (Å²) in [5, 5.41) is 0. The second-order valence-corrected chi connectivity index (χ2v) is 5.38. The van der Waals surface area contributed by atoms with Crippen molar-refractivity contribution in [3.63, 3.8) is 0 Å². The highest BCUT2D eigenvalue weighted by molar-refractivity contribution is 5.56. The third-order valence-corrected chi connectivity index (χ3v) is 3.89. The number of hydrogen-bond acceptors (Lipinski definition) is 4. The summed E-state index contributed by atoms with van der Waals surface area (Å²) >= 11 is 0. The normalized spacial score (nSPS) is 16.9. The Labute approximate surface area is 116 Å². The monoisotopic (exact) mass is 262 g/mol. The van der Waals surface area contributed by atoms with Gasteiger partial charge in [0.05, 0.1) is 0 Å². The molecule has 0 spiro atoms. The zero-order valence-corrected chi connectivity index (χ0v) is 12.4. The van der Waals surface area contributed by atoms with Crippen molar-refractivity contribution >= 4 is 5.69 Å². The van der Waals surface area contributed by atoms with Crippen LogP contribution < -0.4 is 10.6 Å². The lowest BCUT2D eigenvalue weighted by Crippen LogP contribution is -2.47. The maximum Gasteiger partial charge on any atom is 0.0449 e. The van der Waals surface area contributed by atoms with Crippen molar-refractivity contribution in [1.82, 2.24) is 9.88 Å². The third-order valence-electron chi connectivity index (χ3n) is 3.89. The first kappa shape index (κ1) is 14.3. The molecule has 0 radical (unpaired) electrons. The molecule has 4 nitrogen and oxygen atoms in total. The van der Waals surface area contributed by atoms with Gasteiger partial charge in [0.1, 0.15) is 0 Å². The zero-order chi connectivity index (χ0) is 13.8. The van der Waals surface area contributed by atoms with Gasteiger partial charge in [-0.15, -0.1) is 0 Å². The first-order chi connectivity index (χ1) is 9.15. The van der Waals surface area contributed by atoms with E-state index in [0.717, 1.165) is 37.6 Å². The number of hydrogen-bond donors (Lipinski definition) is 1. The average molecular weight is 262 g/mol. The van der Waals surface area contributed by atoms with Crippen molar-refractivity contribution in [2.24, 2.45) is 5.73 Å². The highest BCUT2D eigenvalue weighted by Crippen LogP contribution is 2.24. The molecule has 1 aliphatic rings. The molecule has 106 valence electrons. The van der Waals surface area contributed by atoms with Crippen LogP contribution in [0.15, 0.2) is 6.07 Å². The Balaban J connectivity index is 2.15. The Morgan fingerprint density at radius 1 is 1.21 bits per heavy atom. The molecule has 2 N–H and O–H groups in total. The first-order valence-corrected chi connectivity index (χ1v) is 7.30. The second-order valence-electron chi connectivity index (χ2n) is 5.38. The summed E-state index contributed by atoms with van der Waals surface area (Å²) < 4.78 is 0. The molecule has 1 aliphatic heterocycles. The Bertz CT molecular complexity index is 422. The van der Waals surface area contributed by atoms with Gasteiger partial charge in [-0.2, -0.15) is 0 Å². The molecule has 1 fully saturated rings. The predicted octanol–water partition coefficient (Wildman–Crippen LogP) is 1.69.